The van der Waals surface area contributed by atoms with Crippen LogP contribution in [-0.2, 0) is 16.1 Å². The van der Waals surface area contributed by atoms with E-state index in [1.54, 1.807) is 0 Å². The van der Waals surface area contributed by atoms with Crippen LogP contribution in [-0.4, -0.2) is 71.1 Å². The average Bonchev–Trinajstić information content (AvgIpc) is 3.08. The Labute approximate surface area is 137 Å². The predicted molar refractivity (Wildman–Crippen MR) is 87.0 cm³/mol. The van der Waals surface area contributed by atoms with Gasteiger partial charge in [0.15, 0.2) is 0 Å². The largest absolute Gasteiger partial charge is 0.376 e. The highest BCUT2D eigenvalue weighted by Crippen LogP contribution is 2.13. The normalized spacial score (nSPS) is 22.6. The molecule has 7 heteroatoms. The molecule has 0 saturated carbocycles. The molecule has 1 aromatic rings. The zero-order valence-corrected chi connectivity index (χ0v) is 13.7. The van der Waals surface area contributed by atoms with Crippen molar-refractivity contribution in [2.45, 2.75) is 32.4 Å². The number of nitrogens with one attached hydrogen (secondary N) is 1. The van der Waals surface area contributed by atoms with Gasteiger partial charge in [0, 0.05) is 57.3 Å². The Kier molecular flexibility index (Phi) is 5.40. The Morgan fingerprint density at radius 1 is 1.35 bits per heavy atom. The van der Waals surface area contributed by atoms with Gasteiger partial charge in [0.2, 0.25) is 11.9 Å². The topological polar surface area (TPSA) is 70.6 Å². The molecule has 0 aromatic carbocycles. The Bertz CT molecular complexity index is 516. The second-order valence-electron chi connectivity index (χ2n) is 6.11. The van der Waals surface area contributed by atoms with Crippen LogP contribution < -0.4 is 5.32 Å². The third-order valence-corrected chi connectivity index (χ3v) is 4.40. The molecular weight excluding hydrogens is 294 g/mol. The summed E-state index contributed by atoms with van der Waals surface area (Å²) >= 11 is 0. The second-order valence-corrected chi connectivity index (χ2v) is 6.11. The van der Waals surface area contributed by atoms with Crippen LogP contribution in [0.25, 0.3) is 0 Å². The Morgan fingerprint density at radius 2 is 2.17 bits per heavy atom. The fourth-order valence-corrected chi connectivity index (χ4v) is 3.02. The molecule has 0 spiro atoms. The van der Waals surface area contributed by atoms with E-state index in [1.807, 2.05) is 24.2 Å². The van der Waals surface area contributed by atoms with Crippen LogP contribution in [0.4, 0.5) is 5.95 Å². The third-order valence-electron chi connectivity index (χ3n) is 4.40. The molecule has 126 valence electrons. The predicted octanol–water partition coefficient (Wildman–Crippen LogP) is 0.732. The number of nitrogens with zero attached hydrogens (tertiary/aromatic N) is 4. The standard InChI is InChI=1S/C16H25N5O2/c1-2-21-6-5-20(12-15(21)22)11-13-8-17-16(18-9-13)19-10-14-4-3-7-23-14/h8-9,14H,2-7,10-12H2,1H3,(H,17,18,19)/t14-/m1/s1. The molecule has 3 heterocycles. The maximum Gasteiger partial charge on any atom is 0.236 e. The van der Waals surface area contributed by atoms with E-state index in [-0.39, 0.29) is 12.0 Å². The number of amides is 1. The number of ether oxygens (including phenoxy) is 1. The molecule has 0 bridgehead atoms. The highest BCUT2D eigenvalue weighted by atomic mass is 16.5. The zero-order valence-electron chi connectivity index (χ0n) is 13.7. The number of carbonyl (C=O) groups excluding carboxylic acids is 1. The van der Waals surface area contributed by atoms with Crippen LogP contribution in [0.15, 0.2) is 12.4 Å². The summed E-state index contributed by atoms with van der Waals surface area (Å²) in [6.07, 6.45) is 6.18. The monoisotopic (exact) mass is 319 g/mol. The van der Waals surface area contributed by atoms with Crippen LogP contribution in [0.1, 0.15) is 25.3 Å². The molecule has 2 aliphatic rings. The van der Waals surface area contributed by atoms with Crippen molar-refractivity contribution in [2.24, 2.45) is 0 Å². The molecule has 23 heavy (non-hydrogen) atoms. The van der Waals surface area contributed by atoms with Gasteiger partial charge in [0.05, 0.1) is 12.6 Å². The zero-order chi connectivity index (χ0) is 16.1. The summed E-state index contributed by atoms with van der Waals surface area (Å²) in [5.41, 5.74) is 1.03. The number of rotatable bonds is 6. The van der Waals surface area contributed by atoms with Crippen LogP contribution in [0.2, 0.25) is 0 Å². The minimum absolute atomic E-state index is 0.203. The average molecular weight is 319 g/mol. The van der Waals surface area contributed by atoms with Crippen molar-refractivity contribution in [1.82, 2.24) is 19.8 Å². The lowest BCUT2D eigenvalue weighted by atomic mass is 10.2. The van der Waals surface area contributed by atoms with E-state index in [1.165, 1.54) is 0 Å². The van der Waals surface area contributed by atoms with Gasteiger partial charge >= 0.3 is 0 Å². The van der Waals surface area contributed by atoms with Crippen molar-refractivity contribution >= 4 is 11.9 Å². The van der Waals surface area contributed by atoms with Crippen LogP contribution in [0, 0.1) is 0 Å². The van der Waals surface area contributed by atoms with E-state index in [9.17, 15) is 4.79 Å². The summed E-state index contributed by atoms with van der Waals surface area (Å²) in [6, 6.07) is 0. The van der Waals surface area contributed by atoms with Gasteiger partial charge < -0.3 is 15.0 Å². The minimum Gasteiger partial charge on any atom is -0.376 e. The van der Waals surface area contributed by atoms with Gasteiger partial charge in [-0.2, -0.15) is 0 Å². The fraction of sp³-hybridized carbons (Fsp3) is 0.688. The summed E-state index contributed by atoms with van der Waals surface area (Å²) in [7, 11) is 0. The fourth-order valence-electron chi connectivity index (χ4n) is 3.02. The van der Waals surface area contributed by atoms with E-state index >= 15 is 0 Å². The van der Waals surface area contributed by atoms with Gasteiger partial charge in [-0.1, -0.05) is 0 Å². The summed E-state index contributed by atoms with van der Waals surface area (Å²) in [5.74, 6) is 0.839. The lowest BCUT2D eigenvalue weighted by Crippen LogP contribution is -2.49. The maximum absolute atomic E-state index is 11.9. The summed E-state index contributed by atoms with van der Waals surface area (Å²) < 4.78 is 5.57. The Hall–Kier alpha value is -1.73. The number of hydrogen-bond donors (Lipinski definition) is 1. The first-order chi connectivity index (χ1) is 11.2. The number of piperazine rings is 1. The van der Waals surface area contributed by atoms with Gasteiger partial charge in [-0.25, -0.2) is 9.97 Å². The second kappa shape index (κ2) is 7.70. The lowest BCUT2D eigenvalue weighted by Gasteiger charge is -2.33. The van der Waals surface area contributed by atoms with Crippen LogP contribution in [0.5, 0.6) is 0 Å². The van der Waals surface area contributed by atoms with Crippen molar-refractivity contribution in [1.29, 1.82) is 0 Å². The molecule has 0 radical (unpaired) electrons. The van der Waals surface area contributed by atoms with Crippen molar-refractivity contribution in [3.05, 3.63) is 18.0 Å². The first-order valence-corrected chi connectivity index (χ1v) is 8.41. The van der Waals surface area contributed by atoms with E-state index in [0.29, 0.717) is 12.5 Å². The van der Waals surface area contributed by atoms with Crippen molar-refractivity contribution in [3.63, 3.8) is 0 Å². The van der Waals surface area contributed by atoms with Crippen LogP contribution >= 0.6 is 0 Å². The van der Waals surface area contributed by atoms with Gasteiger partial charge in [0.1, 0.15) is 0 Å². The molecule has 3 rings (SSSR count). The summed E-state index contributed by atoms with van der Waals surface area (Å²) in [5, 5.41) is 3.22. The quantitative estimate of drug-likeness (QED) is 0.834. The van der Waals surface area contributed by atoms with Gasteiger partial charge in [-0.15, -0.1) is 0 Å². The highest BCUT2D eigenvalue weighted by molar-refractivity contribution is 5.78. The molecular formula is C16H25N5O2. The van der Waals surface area contributed by atoms with Gasteiger partial charge in [-0.3, -0.25) is 9.69 Å². The minimum atomic E-state index is 0.203. The molecule has 2 aliphatic heterocycles. The Balaban J connectivity index is 1.46. The molecule has 0 unspecified atom stereocenters. The molecule has 0 aliphatic carbocycles. The van der Waals surface area contributed by atoms with E-state index in [4.69, 9.17) is 4.74 Å². The molecule has 2 fully saturated rings. The molecule has 1 aromatic heterocycles. The van der Waals surface area contributed by atoms with E-state index in [2.05, 4.69) is 20.2 Å². The van der Waals surface area contributed by atoms with E-state index < -0.39 is 0 Å². The lowest BCUT2D eigenvalue weighted by molar-refractivity contribution is -0.135. The molecule has 1 N–H and O–H groups in total. The number of carbonyl (C=O) groups is 1. The molecule has 1 atom stereocenters. The smallest absolute Gasteiger partial charge is 0.236 e. The number of hydrogen-bond acceptors (Lipinski definition) is 6. The molecule has 7 nitrogen and oxygen atoms in total. The van der Waals surface area contributed by atoms with Crippen molar-refractivity contribution < 1.29 is 9.53 Å². The van der Waals surface area contributed by atoms with Gasteiger partial charge in [0.25, 0.3) is 0 Å². The summed E-state index contributed by atoms with van der Waals surface area (Å²) in [6.45, 7) is 7.32. The SMILES string of the molecule is CCN1CCN(Cc2cnc(NC[C@H]3CCCO3)nc2)CC1=O. The first-order valence-electron chi connectivity index (χ1n) is 8.41. The van der Waals surface area contributed by atoms with Crippen LogP contribution in [0.3, 0.4) is 0 Å². The van der Waals surface area contributed by atoms with Gasteiger partial charge in [-0.05, 0) is 19.8 Å². The van der Waals surface area contributed by atoms with Crippen molar-refractivity contribution in [2.75, 3.05) is 44.6 Å². The molecule has 2 saturated heterocycles. The third kappa shape index (κ3) is 4.39. The van der Waals surface area contributed by atoms with Crippen molar-refractivity contribution in [3.8, 4) is 0 Å². The first kappa shape index (κ1) is 16.1. The number of likely N-dealkylation sites (N-methyl/N-ethyl adjacent to an activating group) is 1. The Morgan fingerprint density at radius 3 is 2.83 bits per heavy atom. The number of aromatic nitrogens is 2. The number of anilines is 1. The van der Waals surface area contributed by atoms with E-state index in [0.717, 1.165) is 57.7 Å². The maximum atomic E-state index is 11.9. The highest BCUT2D eigenvalue weighted by Gasteiger charge is 2.22. The summed E-state index contributed by atoms with van der Waals surface area (Å²) in [4.78, 5) is 24.7. The molecule has 1 amide bonds.